The highest BCUT2D eigenvalue weighted by Gasteiger charge is 2.24. The van der Waals surface area contributed by atoms with E-state index in [2.05, 4.69) is 10.3 Å². The van der Waals surface area contributed by atoms with Crippen molar-refractivity contribution in [3.8, 4) is 0 Å². The van der Waals surface area contributed by atoms with Crippen molar-refractivity contribution in [3.05, 3.63) is 11.9 Å². The molecule has 2 atom stereocenters. The number of hydrogen-bond donors (Lipinski definition) is 2. The summed E-state index contributed by atoms with van der Waals surface area (Å²) in [6, 6.07) is 0.438. The molecule has 0 aliphatic heterocycles. The minimum absolute atomic E-state index is 0. The van der Waals surface area contributed by atoms with E-state index in [4.69, 9.17) is 10.8 Å². The SMILES string of the molecule is Cl.Cl.N[C@H]1CCCC[C@H]1n1cc(CO)nn1. The molecule has 2 rings (SSSR count). The van der Waals surface area contributed by atoms with E-state index in [1.807, 2.05) is 0 Å². The predicted molar refractivity (Wildman–Crippen MR) is 65.9 cm³/mol. The van der Waals surface area contributed by atoms with E-state index in [0.29, 0.717) is 5.69 Å². The van der Waals surface area contributed by atoms with Crippen LogP contribution in [0.25, 0.3) is 0 Å². The number of aromatic nitrogens is 3. The van der Waals surface area contributed by atoms with E-state index in [9.17, 15) is 0 Å². The quantitative estimate of drug-likeness (QED) is 0.841. The second kappa shape index (κ2) is 7.06. The molecule has 0 saturated heterocycles. The lowest BCUT2D eigenvalue weighted by Gasteiger charge is -2.28. The molecule has 0 aromatic carbocycles. The molecule has 1 aliphatic rings. The Hall–Kier alpha value is -0.360. The Morgan fingerprint density at radius 1 is 1.38 bits per heavy atom. The van der Waals surface area contributed by atoms with Crippen LogP contribution in [0.15, 0.2) is 6.20 Å². The van der Waals surface area contributed by atoms with Gasteiger partial charge in [0.05, 0.1) is 18.8 Å². The highest BCUT2D eigenvalue weighted by molar-refractivity contribution is 5.85. The third-order valence-electron chi connectivity index (χ3n) is 2.84. The number of aliphatic hydroxyl groups is 1. The van der Waals surface area contributed by atoms with E-state index >= 15 is 0 Å². The summed E-state index contributed by atoms with van der Waals surface area (Å²) >= 11 is 0. The van der Waals surface area contributed by atoms with Crippen molar-refractivity contribution in [2.75, 3.05) is 0 Å². The minimum Gasteiger partial charge on any atom is -0.390 e. The number of rotatable bonds is 2. The Labute approximate surface area is 107 Å². The van der Waals surface area contributed by atoms with E-state index in [0.717, 1.165) is 12.8 Å². The number of nitrogens with two attached hydrogens (primary N) is 1. The third-order valence-corrected chi connectivity index (χ3v) is 2.84. The van der Waals surface area contributed by atoms with Crippen LogP contribution in [-0.4, -0.2) is 26.1 Å². The summed E-state index contributed by atoms with van der Waals surface area (Å²) in [4.78, 5) is 0. The summed E-state index contributed by atoms with van der Waals surface area (Å²) in [5.41, 5.74) is 6.62. The molecule has 1 saturated carbocycles. The maximum Gasteiger partial charge on any atom is 0.108 e. The van der Waals surface area contributed by atoms with Gasteiger partial charge in [0.1, 0.15) is 5.69 Å². The Bertz CT molecular complexity index is 307. The second-order valence-corrected chi connectivity index (χ2v) is 3.86. The van der Waals surface area contributed by atoms with Crippen molar-refractivity contribution in [2.24, 2.45) is 5.73 Å². The molecule has 1 aromatic rings. The molecule has 16 heavy (non-hydrogen) atoms. The van der Waals surface area contributed by atoms with E-state index in [-0.39, 0.29) is 43.5 Å². The standard InChI is InChI=1S/C9H16N4O.2ClH/c10-8-3-1-2-4-9(8)13-5-7(6-14)11-12-13;;/h5,8-9,14H,1-4,6,10H2;2*1H/t8-,9+;;/m0../s1. The fourth-order valence-corrected chi connectivity index (χ4v) is 2.02. The van der Waals surface area contributed by atoms with Crippen molar-refractivity contribution in [1.29, 1.82) is 0 Å². The van der Waals surface area contributed by atoms with Crippen LogP contribution in [0.4, 0.5) is 0 Å². The highest BCUT2D eigenvalue weighted by atomic mass is 35.5. The molecule has 1 aliphatic carbocycles. The molecular weight excluding hydrogens is 251 g/mol. The molecule has 3 N–H and O–H groups in total. The largest absolute Gasteiger partial charge is 0.390 e. The molecule has 7 heteroatoms. The van der Waals surface area contributed by atoms with Gasteiger partial charge in [0.15, 0.2) is 0 Å². The van der Waals surface area contributed by atoms with Crippen LogP contribution in [-0.2, 0) is 6.61 Å². The normalized spacial score (nSPS) is 24.4. The average molecular weight is 269 g/mol. The molecular formula is C9H18Cl2N4O. The molecule has 1 fully saturated rings. The molecule has 0 bridgehead atoms. The zero-order valence-corrected chi connectivity index (χ0v) is 10.6. The first kappa shape index (κ1) is 15.6. The van der Waals surface area contributed by atoms with Gasteiger partial charge in [-0.15, -0.1) is 29.9 Å². The summed E-state index contributed by atoms with van der Waals surface area (Å²) in [6.45, 7) is -0.0536. The van der Waals surface area contributed by atoms with Gasteiger partial charge in [0.25, 0.3) is 0 Å². The molecule has 0 amide bonds. The minimum atomic E-state index is -0.0536. The van der Waals surface area contributed by atoms with Crippen LogP contribution >= 0.6 is 24.8 Å². The van der Waals surface area contributed by atoms with Gasteiger partial charge in [-0.3, -0.25) is 0 Å². The van der Waals surface area contributed by atoms with Gasteiger partial charge in [-0.25, -0.2) is 4.68 Å². The lowest BCUT2D eigenvalue weighted by Crippen LogP contribution is -2.35. The summed E-state index contributed by atoms with van der Waals surface area (Å²) < 4.78 is 1.80. The van der Waals surface area contributed by atoms with Crippen LogP contribution in [0.1, 0.15) is 37.4 Å². The summed E-state index contributed by atoms with van der Waals surface area (Å²) in [6.07, 6.45) is 6.32. The molecule has 0 unspecified atom stereocenters. The lowest BCUT2D eigenvalue weighted by atomic mass is 9.91. The van der Waals surface area contributed by atoms with E-state index in [1.54, 1.807) is 10.9 Å². The number of nitrogens with zero attached hydrogens (tertiary/aromatic N) is 3. The third kappa shape index (κ3) is 3.31. The fraction of sp³-hybridized carbons (Fsp3) is 0.778. The lowest BCUT2D eigenvalue weighted by molar-refractivity contribution is 0.275. The Morgan fingerprint density at radius 2 is 2.06 bits per heavy atom. The van der Waals surface area contributed by atoms with Crippen molar-refractivity contribution >= 4 is 24.8 Å². The van der Waals surface area contributed by atoms with Crippen molar-refractivity contribution in [2.45, 2.75) is 44.4 Å². The number of halogens is 2. The van der Waals surface area contributed by atoms with Crippen molar-refractivity contribution in [3.63, 3.8) is 0 Å². The Balaban J connectivity index is 0.00000112. The molecule has 1 aromatic heterocycles. The first-order valence-corrected chi connectivity index (χ1v) is 5.08. The first-order valence-electron chi connectivity index (χ1n) is 5.08. The fourth-order valence-electron chi connectivity index (χ4n) is 2.02. The van der Waals surface area contributed by atoms with Gasteiger partial charge in [0, 0.05) is 6.04 Å². The first-order chi connectivity index (χ1) is 6.81. The molecule has 0 radical (unpaired) electrons. The van der Waals surface area contributed by atoms with Crippen molar-refractivity contribution < 1.29 is 5.11 Å². The van der Waals surface area contributed by atoms with Gasteiger partial charge in [-0.05, 0) is 12.8 Å². The summed E-state index contributed by atoms with van der Waals surface area (Å²) in [7, 11) is 0. The van der Waals surface area contributed by atoms with Gasteiger partial charge in [0.2, 0.25) is 0 Å². The number of aliphatic hydroxyl groups excluding tert-OH is 1. The summed E-state index contributed by atoms with van der Waals surface area (Å²) in [5, 5.41) is 16.7. The Kier molecular flexibility index (Phi) is 6.90. The van der Waals surface area contributed by atoms with Crippen LogP contribution in [0.2, 0.25) is 0 Å². The molecule has 5 nitrogen and oxygen atoms in total. The topological polar surface area (TPSA) is 77.0 Å². The molecule has 1 heterocycles. The zero-order valence-electron chi connectivity index (χ0n) is 8.95. The molecule has 94 valence electrons. The second-order valence-electron chi connectivity index (χ2n) is 3.86. The predicted octanol–water partition coefficient (Wildman–Crippen LogP) is 1.06. The molecule has 0 spiro atoms. The smallest absolute Gasteiger partial charge is 0.108 e. The van der Waals surface area contributed by atoms with Gasteiger partial charge in [-0.2, -0.15) is 0 Å². The van der Waals surface area contributed by atoms with E-state index < -0.39 is 0 Å². The highest BCUT2D eigenvalue weighted by Crippen LogP contribution is 2.26. The average Bonchev–Trinajstić information content (AvgIpc) is 2.67. The number of hydrogen-bond acceptors (Lipinski definition) is 4. The summed E-state index contributed by atoms with van der Waals surface area (Å²) in [5.74, 6) is 0. The zero-order chi connectivity index (χ0) is 9.97. The monoisotopic (exact) mass is 268 g/mol. The van der Waals surface area contributed by atoms with Gasteiger partial charge in [-0.1, -0.05) is 18.1 Å². The van der Waals surface area contributed by atoms with Gasteiger partial charge < -0.3 is 10.8 Å². The van der Waals surface area contributed by atoms with E-state index in [1.165, 1.54) is 12.8 Å². The van der Waals surface area contributed by atoms with Crippen LogP contribution in [0.5, 0.6) is 0 Å². The maximum absolute atomic E-state index is 8.87. The van der Waals surface area contributed by atoms with Crippen LogP contribution in [0, 0.1) is 0 Å². The van der Waals surface area contributed by atoms with Crippen molar-refractivity contribution in [1.82, 2.24) is 15.0 Å². The van der Waals surface area contributed by atoms with Gasteiger partial charge >= 0.3 is 0 Å². The van der Waals surface area contributed by atoms with Crippen LogP contribution in [0.3, 0.4) is 0 Å². The van der Waals surface area contributed by atoms with Crippen LogP contribution < -0.4 is 5.73 Å². The maximum atomic E-state index is 8.87. The Morgan fingerprint density at radius 3 is 2.62 bits per heavy atom.